The normalized spacial score (nSPS) is 10.6. The Kier molecular flexibility index (Phi) is 9.66. The van der Waals surface area contributed by atoms with Crippen molar-refractivity contribution in [2.24, 2.45) is 5.92 Å². The average Bonchev–Trinajstić information content (AvgIpc) is 2.58. The van der Waals surface area contributed by atoms with Crippen molar-refractivity contribution in [2.45, 2.75) is 53.4 Å². The molecular weight excluding hydrogens is 320 g/mol. The minimum atomic E-state index is -0.820. The Hall–Kier alpha value is -2.04. The molecule has 0 fully saturated rings. The van der Waals surface area contributed by atoms with E-state index in [4.69, 9.17) is 14.2 Å². The second-order valence-corrected chi connectivity index (χ2v) is 5.95. The SMILES string of the molecule is CCOC(=O)C(CCCCCOc1cccc(C)c1C)C(=O)OCC. The van der Waals surface area contributed by atoms with Gasteiger partial charge in [-0.3, -0.25) is 9.59 Å². The molecule has 1 aromatic carbocycles. The molecule has 1 aromatic rings. The lowest BCUT2D eigenvalue weighted by Crippen LogP contribution is -2.28. The van der Waals surface area contributed by atoms with E-state index in [0.717, 1.165) is 30.6 Å². The van der Waals surface area contributed by atoms with Crippen LogP contribution in [0.25, 0.3) is 0 Å². The Morgan fingerprint density at radius 1 is 0.960 bits per heavy atom. The number of ether oxygens (including phenoxy) is 3. The van der Waals surface area contributed by atoms with E-state index in [9.17, 15) is 9.59 Å². The highest BCUT2D eigenvalue weighted by Crippen LogP contribution is 2.21. The van der Waals surface area contributed by atoms with Gasteiger partial charge >= 0.3 is 11.9 Å². The summed E-state index contributed by atoms with van der Waals surface area (Å²) in [6.07, 6.45) is 2.94. The Morgan fingerprint density at radius 3 is 2.20 bits per heavy atom. The lowest BCUT2D eigenvalue weighted by atomic mass is 10.0. The van der Waals surface area contributed by atoms with Gasteiger partial charge in [-0.05, 0) is 57.7 Å². The fraction of sp³-hybridized carbons (Fsp3) is 0.600. The van der Waals surface area contributed by atoms with Gasteiger partial charge in [0.25, 0.3) is 0 Å². The van der Waals surface area contributed by atoms with E-state index in [1.54, 1.807) is 13.8 Å². The molecule has 0 atom stereocenters. The number of benzene rings is 1. The van der Waals surface area contributed by atoms with E-state index in [1.807, 2.05) is 19.1 Å². The molecule has 0 saturated heterocycles. The third-order valence-electron chi connectivity index (χ3n) is 4.09. The fourth-order valence-corrected chi connectivity index (χ4v) is 2.51. The molecule has 0 aliphatic carbocycles. The maximum Gasteiger partial charge on any atom is 0.320 e. The van der Waals surface area contributed by atoms with Crippen molar-refractivity contribution in [2.75, 3.05) is 19.8 Å². The number of unbranched alkanes of at least 4 members (excludes halogenated alkanes) is 2. The number of carbonyl (C=O) groups excluding carboxylic acids is 2. The third-order valence-corrected chi connectivity index (χ3v) is 4.09. The van der Waals surface area contributed by atoms with Crippen molar-refractivity contribution in [1.29, 1.82) is 0 Å². The van der Waals surface area contributed by atoms with E-state index in [0.29, 0.717) is 13.0 Å². The van der Waals surface area contributed by atoms with Crippen LogP contribution in [0.5, 0.6) is 5.75 Å². The highest BCUT2D eigenvalue weighted by atomic mass is 16.6. The summed E-state index contributed by atoms with van der Waals surface area (Å²) in [6, 6.07) is 6.02. The number of rotatable bonds is 11. The first-order valence-electron chi connectivity index (χ1n) is 9.03. The molecule has 1 rings (SSSR count). The summed E-state index contributed by atoms with van der Waals surface area (Å²) in [4.78, 5) is 23.8. The Labute approximate surface area is 150 Å². The van der Waals surface area contributed by atoms with Gasteiger partial charge in [0.15, 0.2) is 5.92 Å². The van der Waals surface area contributed by atoms with Crippen molar-refractivity contribution in [1.82, 2.24) is 0 Å². The standard InChI is InChI=1S/C20H30O5/c1-5-23-19(21)17(20(22)24-6-2)12-8-7-9-14-25-18-13-10-11-15(3)16(18)4/h10-11,13,17H,5-9,12,14H2,1-4H3. The van der Waals surface area contributed by atoms with Crippen LogP contribution in [0, 0.1) is 19.8 Å². The molecular formula is C20H30O5. The predicted octanol–water partition coefficient (Wildman–Crippen LogP) is 3.99. The summed E-state index contributed by atoms with van der Waals surface area (Å²) >= 11 is 0. The van der Waals surface area contributed by atoms with Crippen LogP contribution >= 0.6 is 0 Å². The van der Waals surface area contributed by atoms with E-state index in [1.165, 1.54) is 5.56 Å². The minimum absolute atomic E-state index is 0.262. The lowest BCUT2D eigenvalue weighted by molar-refractivity contribution is -0.161. The van der Waals surface area contributed by atoms with E-state index >= 15 is 0 Å². The molecule has 0 radical (unpaired) electrons. The van der Waals surface area contributed by atoms with Gasteiger partial charge in [-0.1, -0.05) is 25.0 Å². The molecule has 0 aliphatic heterocycles. The van der Waals surface area contributed by atoms with Gasteiger partial charge in [0.05, 0.1) is 19.8 Å². The lowest BCUT2D eigenvalue weighted by Gasteiger charge is -2.14. The molecule has 0 unspecified atom stereocenters. The van der Waals surface area contributed by atoms with Crippen LogP contribution in [0.2, 0.25) is 0 Å². The maximum absolute atomic E-state index is 11.9. The molecule has 140 valence electrons. The van der Waals surface area contributed by atoms with Gasteiger partial charge in [-0.25, -0.2) is 0 Å². The number of carbonyl (C=O) groups is 2. The van der Waals surface area contributed by atoms with Crippen molar-refractivity contribution < 1.29 is 23.8 Å². The predicted molar refractivity (Wildman–Crippen MR) is 96.6 cm³/mol. The molecule has 0 heterocycles. The highest BCUT2D eigenvalue weighted by molar-refractivity contribution is 5.94. The van der Waals surface area contributed by atoms with Crippen molar-refractivity contribution in [3.8, 4) is 5.75 Å². The van der Waals surface area contributed by atoms with Crippen LogP contribution in [-0.4, -0.2) is 31.8 Å². The summed E-state index contributed by atoms with van der Waals surface area (Å²) in [5.41, 5.74) is 2.37. The second-order valence-electron chi connectivity index (χ2n) is 5.95. The molecule has 0 aromatic heterocycles. The summed E-state index contributed by atoms with van der Waals surface area (Å²) in [5.74, 6) is -0.893. The van der Waals surface area contributed by atoms with Crippen LogP contribution in [0.4, 0.5) is 0 Å². The molecule has 0 N–H and O–H groups in total. The van der Waals surface area contributed by atoms with Crippen LogP contribution < -0.4 is 4.74 Å². The monoisotopic (exact) mass is 350 g/mol. The molecule has 0 saturated carbocycles. The van der Waals surface area contributed by atoms with Gasteiger partial charge in [0.2, 0.25) is 0 Å². The summed E-state index contributed by atoms with van der Waals surface area (Å²) in [7, 11) is 0. The molecule has 5 nitrogen and oxygen atoms in total. The van der Waals surface area contributed by atoms with Crippen LogP contribution in [0.1, 0.15) is 50.7 Å². The second kappa shape index (κ2) is 11.5. The zero-order chi connectivity index (χ0) is 18.7. The summed E-state index contributed by atoms with van der Waals surface area (Å²) in [5, 5.41) is 0. The van der Waals surface area contributed by atoms with Crippen molar-refractivity contribution in [3.05, 3.63) is 29.3 Å². The number of hydrogen-bond donors (Lipinski definition) is 0. The van der Waals surface area contributed by atoms with Crippen LogP contribution in [0.15, 0.2) is 18.2 Å². The first kappa shape index (κ1) is 21.0. The van der Waals surface area contributed by atoms with E-state index < -0.39 is 17.9 Å². The third kappa shape index (κ3) is 7.16. The molecule has 5 heteroatoms. The summed E-state index contributed by atoms with van der Waals surface area (Å²) in [6.45, 7) is 8.71. The first-order chi connectivity index (χ1) is 12.0. The largest absolute Gasteiger partial charge is 0.493 e. The van der Waals surface area contributed by atoms with Gasteiger partial charge in [-0.2, -0.15) is 0 Å². The molecule has 0 amide bonds. The van der Waals surface area contributed by atoms with Crippen molar-refractivity contribution in [3.63, 3.8) is 0 Å². The average molecular weight is 350 g/mol. The van der Waals surface area contributed by atoms with Gasteiger partial charge in [-0.15, -0.1) is 0 Å². The molecule has 0 bridgehead atoms. The van der Waals surface area contributed by atoms with E-state index in [-0.39, 0.29) is 13.2 Å². The quantitative estimate of drug-likeness (QED) is 0.343. The number of aryl methyl sites for hydroxylation is 1. The Morgan fingerprint density at radius 2 is 1.60 bits per heavy atom. The van der Waals surface area contributed by atoms with Gasteiger partial charge in [0.1, 0.15) is 5.75 Å². The number of esters is 2. The maximum atomic E-state index is 11.9. The van der Waals surface area contributed by atoms with Gasteiger partial charge < -0.3 is 14.2 Å². The van der Waals surface area contributed by atoms with Gasteiger partial charge in [0, 0.05) is 0 Å². The van der Waals surface area contributed by atoms with Crippen LogP contribution in [-0.2, 0) is 19.1 Å². The number of hydrogen-bond acceptors (Lipinski definition) is 5. The molecule has 0 aliphatic rings. The topological polar surface area (TPSA) is 61.8 Å². The highest BCUT2D eigenvalue weighted by Gasteiger charge is 2.28. The van der Waals surface area contributed by atoms with Crippen LogP contribution in [0.3, 0.4) is 0 Å². The smallest absolute Gasteiger partial charge is 0.320 e. The summed E-state index contributed by atoms with van der Waals surface area (Å²) < 4.78 is 15.7. The minimum Gasteiger partial charge on any atom is -0.493 e. The van der Waals surface area contributed by atoms with Crippen molar-refractivity contribution >= 4 is 11.9 Å². The Bertz CT molecular complexity index is 535. The Balaban J connectivity index is 2.34. The zero-order valence-electron chi connectivity index (χ0n) is 15.8. The fourth-order valence-electron chi connectivity index (χ4n) is 2.51. The zero-order valence-corrected chi connectivity index (χ0v) is 15.8. The molecule has 0 spiro atoms. The first-order valence-corrected chi connectivity index (χ1v) is 9.03. The van der Waals surface area contributed by atoms with E-state index in [2.05, 4.69) is 13.0 Å². The molecule has 25 heavy (non-hydrogen) atoms.